The number of thiophene rings is 1. The van der Waals surface area contributed by atoms with E-state index in [9.17, 15) is 0 Å². The first-order chi connectivity index (χ1) is 9.15. The predicted octanol–water partition coefficient (Wildman–Crippen LogP) is 4.30. The number of halogens is 1. The molecule has 1 aromatic carbocycles. The van der Waals surface area contributed by atoms with E-state index < -0.39 is 0 Å². The topological polar surface area (TPSA) is 21.3 Å². The lowest BCUT2D eigenvalue weighted by Crippen LogP contribution is -2.20. The predicted molar refractivity (Wildman–Crippen MR) is 85.1 cm³/mol. The maximum atomic E-state index is 5.75. The Morgan fingerprint density at radius 2 is 2.05 bits per heavy atom. The quantitative estimate of drug-likeness (QED) is 0.792. The fourth-order valence-corrected chi connectivity index (χ4v) is 3.14. The minimum Gasteiger partial charge on any atom is -0.492 e. The van der Waals surface area contributed by atoms with Crippen molar-refractivity contribution in [1.29, 1.82) is 0 Å². The Morgan fingerprint density at radius 3 is 2.74 bits per heavy atom. The molecule has 0 saturated heterocycles. The van der Waals surface area contributed by atoms with E-state index in [0.29, 0.717) is 6.61 Å². The Labute approximate surface area is 126 Å². The lowest BCUT2D eigenvalue weighted by atomic mass is 10.2. The van der Waals surface area contributed by atoms with Gasteiger partial charge >= 0.3 is 0 Å². The Kier molecular flexibility index (Phi) is 5.43. The molecule has 0 amide bonds. The number of rotatable bonds is 6. The molecule has 2 rings (SSSR count). The average Bonchev–Trinajstić information content (AvgIpc) is 2.77. The Balaban J connectivity index is 1.69. The molecule has 4 heteroatoms. The standard InChI is InChI=1S/C15H18BrNOS/c1-11-9-13(16)4-6-15(11)18-8-7-17-10-14-5-3-12(2)19-14/h3-6,9,17H,7-8,10H2,1-2H3. The molecule has 2 aromatic rings. The normalized spacial score (nSPS) is 10.7. The Bertz CT molecular complexity index is 539. The zero-order chi connectivity index (χ0) is 13.7. The van der Waals surface area contributed by atoms with Crippen molar-refractivity contribution in [2.75, 3.05) is 13.2 Å². The van der Waals surface area contributed by atoms with E-state index in [4.69, 9.17) is 4.74 Å². The van der Waals surface area contributed by atoms with Gasteiger partial charge in [-0.25, -0.2) is 0 Å². The molecule has 19 heavy (non-hydrogen) atoms. The minimum atomic E-state index is 0.687. The van der Waals surface area contributed by atoms with Crippen LogP contribution >= 0.6 is 27.3 Å². The summed E-state index contributed by atoms with van der Waals surface area (Å²) in [6.45, 7) is 6.65. The van der Waals surface area contributed by atoms with Crippen LogP contribution in [0.1, 0.15) is 15.3 Å². The van der Waals surface area contributed by atoms with Gasteiger partial charge in [-0.3, -0.25) is 0 Å². The zero-order valence-electron chi connectivity index (χ0n) is 11.2. The van der Waals surface area contributed by atoms with E-state index in [-0.39, 0.29) is 0 Å². The second-order valence-electron chi connectivity index (χ2n) is 4.45. The van der Waals surface area contributed by atoms with E-state index in [2.05, 4.69) is 53.3 Å². The smallest absolute Gasteiger partial charge is 0.122 e. The van der Waals surface area contributed by atoms with Gasteiger partial charge in [0.05, 0.1) is 0 Å². The van der Waals surface area contributed by atoms with Crippen molar-refractivity contribution in [2.24, 2.45) is 0 Å². The first-order valence-corrected chi connectivity index (χ1v) is 7.91. The SMILES string of the molecule is Cc1ccc(CNCCOc2ccc(Br)cc2C)s1. The summed E-state index contributed by atoms with van der Waals surface area (Å²) in [6.07, 6.45) is 0. The van der Waals surface area contributed by atoms with Crippen molar-refractivity contribution in [3.8, 4) is 5.75 Å². The average molecular weight is 340 g/mol. The van der Waals surface area contributed by atoms with Gasteiger partial charge in [0.25, 0.3) is 0 Å². The van der Waals surface area contributed by atoms with Gasteiger partial charge in [-0.15, -0.1) is 11.3 Å². The van der Waals surface area contributed by atoms with Crippen molar-refractivity contribution in [3.63, 3.8) is 0 Å². The molecule has 0 spiro atoms. The summed E-state index contributed by atoms with van der Waals surface area (Å²) in [5, 5.41) is 3.39. The molecule has 0 atom stereocenters. The van der Waals surface area contributed by atoms with Gasteiger partial charge in [0.15, 0.2) is 0 Å². The van der Waals surface area contributed by atoms with E-state index in [1.165, 1.54) is 9.75 Å². The molecule has 0 fully saturated rings. The van der Waals surface area contributed by atoms with E-state index in [0.717, 1.165) is 28.9 Å². The lowest BCUT2D eigenvalue weighted by molar-refractivity contribution is 0.312. The monoisotopic (exact) mass is 339 g/mol. The molecule has 0 aliphatic rings. The van der Waals surface area contributed by atoms with Crippen molar-refractivity contribution in [3.05, 3.63) is 50.1 Å². The second kappa shape index (κ2) is 7.08. The van der Waals surface area contributed by atoms with E-state index in [1.807, 2.05) is 23.5 Å². The molecular formula is C15H18BrNOS. The zero-order valence-corrected chi connectivity index (χ0v) is 13.6. The molecule has 1 N–H and O–H groups in total. The third-order valence-corrected chi connectivity index (χ3v) is 4.26. The van der Waals surface area contributed by atoms with Gasteiger partial charge in [0, 0.05) is 27.3 Å². The summed E-state index contributed by atoms with van der Waals surface area (Å²) in [5.41, 5.74) is 1.16. The van der Waals surface area contributed by atoms with Gasteiger partial charge in [0.2, 0.25) is 0 Å². The van der Waals surface area contributed by atoms with Gasteiger partial charge in [-0.1, -0.05) is 15.9 Å². The highest BCUT2D eigenvalue weighted by Crippen LogP contribution is 2.21. The number of benzene rings is 1. The summed E-state index contributed by atoms with van der Waals surface area (Å²) in [5.74, 6) is 0.956. The molecule has 2 nitrogen and oxygen atoms in total. The fourth-order valence-electron chi connectivity index (χ4n) is 1.80. The number of hydrogen-bond donors (Lipinski definition) is 1. The molecule has 0 unspecified atom stereocenters. The van der Waals surface area contributed by atoms with Crippen LogP contribution < -0.4 is 10.1 Å². The van der Waals surface area contributed by atoms with E-state index >= 15 is 0 Å². The fraction of sp³-hybridized carbons (Fsp3) is 0.333. The summed E-state index contributed by atoms with van der Waals surface area (Å²) < 4.78 is 6.84. The highest BCUT2D eigenvalue weighted by molar-refractivity contribution is 9.10. The molecule has 0 aliphatic carbocycles. The third-order valence-electron chi connectivity index (χ3n) is 2.77. The molecule has 0 bridgehead atoms. The van der Waals surface area contributed by atoms with E-state index in [1.54, 1.807) is 0 Å². The molecule has 102 valence electrons. The summed E-state index contributed by atoms with van der Waals surface area (Å²) >= 11 is 5.29. The van der Waals surface area contributed by atoms with Crippen LogP contribution in [0.4, 0.5) is 0 Å². The number of nitrogens with one attached hydrogen (secondary N) is 1. The lowest BCUT2D eigenvalue weighted by Gasteiger charge is -2.09. The summed E-state index contributed by atoms with van der Waals surface area (Å²) in [6, 6.07) is 10.4. The first-order valence-electron chi connectivity index (χ1n) is 6.30. The molecule has 0 aliphatic heterocycles. The number of hydrogen-bond acceptors (Lipinski definition) is 3. The van der Waals surface area contributed by atoms with Gasteiger partial charge < -0.3 is 10.1 Å². The van der Waals surface area contributed by atoms with Crippen LogP contribution in [0, 0.1) is 13.8 Å². The highest BCUT2D eigenvalue weighted by atomic mass is 79.9. The van der Waals surface area contributed by atoms with Crippen molar-refractivity contribution in [1.82, 2.24) is 5.32 Å². The number of aryl methyl sites for hydroxylation is 2. The van der Waals surface area contributed by atoms with Gasteiger partial charge in [0.1, 0.15) is 12.4 Å². The second-order valence-corrected chi connectivity index (χ2v) is 6.74. The van der Waals surface area contributed by atoms with Crippen LogP contribution in [0.5, 0.6) is 5.75 Å². The van der Waals surface area contributed by atoms with Crippen LogP contribution in [-0.4, -0.2) is 13.2 Å². The van der Waals surface area contributed by atoms with Crippen LogP contribution in [0.3, 0.4) is 0 Å². The Morgan fingerprint density at radius 1 is 1.21 bits per heavy atom. The highest BCUT2D eigenvalue weighted by Gasteiger charge is 2.00. The van der Waals surface area contributed by atoms with Crippen LogP contribution in [0.2, 0.25) is 0 Å². The third kappa shape index (κ3) is 4.64. The summed E-state index contributed by atoms with van der Waals surface area (Å²) in [7, 11) is 0. The maximum Gasteiger partial charge on any atom is 0.122 e. The largest absolute Gasteiger partial charge is 0.492 e. The van der Waals surface area contributed by atoms with Gasteiger partial charge in [-0.05, 0) is 49.7 Å². The molecule has 1 heterocycles. The molecule has 1 aromatic heterocycles. The first kappa shape index (κ1) is 14.6. The van der Waals surface area contributed by atoms with Crippen molar-refractivity contribution >= 4 is 27.3 Å². The number of ether oxygens (including phenoxy) is 1. The maximum absolute atomic E-state index is 5.75. The van der Waals surface area contributed by atoms with Crippen molar-refractivity contribution < 1.29 is 4.74 Å². The molecule has 0 saturated carbocycles. The van der Waals surface area contributed by atoms with Crippen LogP contribution in [0.25, 0.3) is 0 Å². The Hall–Kier alpha value is -0.840. The molecule has 0 radical (unpaired) electrons. The van der Waals surface area contributed by atoms with Gasteiger partial charge in [-0.2, -0.15) is 0 Å². The van der Waals surface area contributed by atoms with Crippen molar-refractivity contribution in [2.45, 2.75) is 20.4 Å². The molecular weight excluding hydrogens is 322 g/mol. The van der Waals surface area contributed by atoms with Crippen LogP contribution in [-0.2, 0) is 6.54 Å². The minimum absolute atomic E-state index is 0.687. The summed E-state index contributed by atoms with van der Waals surface area (Å²) in [4.78, 5) is 2.73. The van der Waals surface area contributed by atoms with Crippen LogP contribution in [0.15, 0.2) is 34.8 Å².